The molecule has 0 amide bonds. The second-order valence-corrected chi connectivity index (χ2v) is 5.94. The van der Waals surface area contributed by atoms with E-state index in [1.165, 1.54) is 17.8 Å². The van der Waals surface area contributed by atoms with E-state index in [0.29, 0.717) is 26.0 Å². The van der Waals surface area contributed by atoms with Gasteiger partial charge in [-0.2, -0.15) is 0 Å². The van der Waals surface area contributed by atoms with Crippen molar-refractivity contribution >= 4 is 50.0 Å². The van der Waals surface area contributed by atoms with Crippen LogP contribution >= 0.6 is 23.1 Å². The van der Waals surface area contributed by atoms with Crippen molar-refractivity contribution in [1.82, 2.24) is 4.98 Å². The second-order valence-electron chi connectivity index (χ2n) is 3.94. The van der Waals surface area contributed by atoms with Crippen LogP contribution in [0.5, 0.6) is 0 Å². The summed E-state index contributed by atoms with van der Waals surface area (Å²) in [6.07, 6.45) is 0. The van der Waals surface area contributed by atoms with Gasteiger partial charge in [0.1, 0.15) is 10.1 Å². The smallest absolute Gasteiger partial charge is 0.329 e. The van der Waals surface area contributed by atoms with Crippen molar-refractivity contribution in [2.45, 2.75) is 6.04 Å². The Kier molecular flexibility index (Phi) is 2.90. The Bertz CT molecular complexity index is 713. The average molecular weight is 297 g/mol. The molecule has 0 radical (unpaired) electrons. The molecule has 1 aliphatic rings. The fraction of sp³-hybridized carbons (Fsp3) is 0.182. The molecule has 0 saturated heterocycles. The number of thiazole rings is 1. The molecule has 1 atom stereocenters. The highest BCUT2D eigenvalue weighted by molar-refractivity contribution is 8.15. The minimum absolute atomic E-state index is 0.0760. The fourth-order valence-corrected chi connectivity index (χ4v) is 3.79. The van der Waals surface area contributed by atoms with Crippen molar-refractivity contribution in [2.24, 2.45) is 4.99 Å². The molecule has 19 heavy (non-hydrogen) atoms. The second kappa shape index (κ2) is 4.46. The van der Waals surface area contributed by atoms with Gasteiger partial charge in [0.2, 0.25) is 0 Å². The highest BCUT2D eigenvalue weighted by atomic mass is 32.2. The Morgan fingerprint density at radius 3 is 3.00 bits per heavy atom. The zero-order valence-electron chi connectivity index (χ0n) is 9.46. The van der Waals surface area contributed by atoms with Gasteiger partial charge in [0.25, 0.3) is 0 Å². The third kappa shape index (κ3) is 2.06. The number of carboxylic acid groups (broad SMARTS) is 1. The lowest BCUT2D eigenvalue weighted by Gasteiger charge is -1.94. The zero-order chi connectivity index (χ0) is 13.6. The Morgan fingerprint density at radius 1 is 1.53 bits per heavy atom. The lowest BCUT2D eigenvalue weighted by molar-refractivity contribution is -0.137. The van der Waals surface area contributed by atoms with Crippen LogP contribution in [0.15, 0.2) is 17.1 Å². The first-order valence-corrected chi connectivity index (χ1v) is 7.15. The summed E-state index contributed by atoms with van der Waals surface area (Å²) in [5, 5.41) is 9.97. The number of aliphatic imine (C=N–C) groups is 1. The maximum absolute atomic E-state index is 13.8. The lowest BCUT2D eigenvalue weighted by atomic mass is 10.3. The SMILES string of the molecule is Nc1ccc2nc(C3=N[C@@H](C(=O)O)CS3)sc2c1F. The van der Waals surface area contributed by atoms with Crippen LogP contribution in [0, 0.1) is 5.82 Å². The molecule has 1 aliphatic heterocycles. The van der Waals surface area contributed by atoms with E-state index in [9.17, 15) is 9.18 Å². The third-order valence-corrected chi connectivity index (χ3v) is 4.90. The van der Waals surface area contributed by atoms with E-state index in [-0.39, 0.29) is 5.69 Å². The maximum atomic E-state index is 13.8. The summed E-state index contributed by atoms with van der Waals surface area (Å²) in [6.45, 7) is 0. The molecule has 0 aliphatic carbocycles. The summed E-state index contributed by atoms with van der Waals surface area (Å²) in [5.74, 6) is -1.07. The van der Waals surface area contributed by atoms with Gasteiger partial charge in [-0.05, 0) is 12.1 Å². The van der Waals surface area contributed by atoms with Crippen LogP contribution in [-0.4, -0.2) is 32.9 Å². The highest BCUT2D eigenvalue weighted by Crippen LogP contribution is 2.32. The number of nitrogens with zero attached hydrogens (tertiary/aromatic N) is 2. The van der Waals surface area contributed by atoms with Gasteiger partial charge in [-0.15, -0.1) is 23.1 Å². The zero-order valence-corrected chi connectivity index (χ0v) is 11.1. The van der Waals surface area contributed by atoms with Crippen molar-refractivity contribution in [1.29, 1.82) is 0 Å². The number of thioether (sulfide) groups is 1. The number of nitrogen functional groups attached to an aromatic ring is 1. The van der Waals surface area contributed by atoms with Crippen LogP contribution in [0.3, 0.4) is 0 Å². The van der Waals surface area contributed by atoms with E-state index in [1.54, 1.807) is 6.07 Å². The Hall–Kier alpha value is -1.67. The number of aliphatic carboxylic acids is 1. The average Bonchev–Trinajstić information content (AvgIpc) is 2.99. The molecule has 3 rings (SSSR count). The molecule has 1 aromatic heterocycles. The highest BCUT2D eigenvalue weighted by Gasteiger charge is 2.27. The summed E-state index contributed by atoms with van der Waals surface area (Å²) in [5.41, 5.74) is 6.09. The van der Waals surface area contributed by atoms with Crippen molar-refractivity contribution in [2.75, 3.05) is 11.5 Å². The molecule has 1 aromatic carbocycles. The van der Waals surface area contributed by atoms with Gasteiger partial charge in [0.05, 0.1) is 15.9 Å². The molecule has 5 nitrogen and oxygen atoms in total. The predicted molar refractivity (Wildman–Crippen MR) is 74.4 cm³/mol. The fourth-order valence-electron chi connectivity index (χ4n) is 1.68. The summed E-state index contributed by atoms with van der Waals surface area (Å²) in [4.78, 5) is 19.2. The van der Waals surface area contributed by atoms with Gasteiger partial charge in [0, 0.05) is 5.75 Å². The van der Waals surface area contributed by atoms with Gasteiger partial charge in [-0.3, -0.25) is 4.99 Å². The molecular weight excluding hydrogens is 289 g/mol. The Labute approximate surface area is 115 Å². The van der Waals surface area contributed by atoms with Gasteiger partial charge in [0.15, 0.2) is 11.9 Å². The van der Waals surface area contributed by atoms with E-state index < -0.39 is 17.8 Å². The van der Waals surface area contributed by atoms with Crippen LogP contribution < -0.4 is 5.73 Å². The lowest BCUT2D eigenvalue weighted by Crippen LogP contribution is -2.17. The number of hydrogen-bond acceptors (Lipinski definition) is 6. The first kappa shape index (κ1) is 12.4. The minimum Gasteiger partial charge on any atom is -0.480 e. The van der Waals surface area contributed by atoms with Crippen molar-refractivity contribution in [3.05, 3.63) is 23.0 Å². The summed E-state index contributed by atoms with van der Waals surface area (Å²) < 4.78 is 14.2. The molecular formula is C11H8FN3O2S2. The van der Waals surface area contributed by atoms with E-state index in [4.69, 9.17) is 10.8 Å². The summed E-state index contributed by atoms with van der Waals surface area (Å²) >= 11 is 2.46. The first-order chi connectivity index (χ1) is 9.06. The maximum Gasteiger partial charge on any atom is 0.329 e. The first-order valence-electron chi connectivity index (χ1n) is 5.34. The molecule has 98 valence electrons. The molecule has 2 heterocycles. The van der Waals surface area contributed by atoms with E-state index in [1.807, 2.05) is 0 Å². The monoisotopic (exact) mass is 297 g/mol. The number of rotatable bonds is 2. The van der Waals surface area contributed by atoms with Crippen LogP contribution in [-0.2, 0) is 4.79 Å². The minimum atomic E-state index is -0.959. The quantitative estimate of drug-likeness (QED) is 0.827. The molecule has 8 heteroatoms. The number of hydrogen-bond donors (Lipinski definition) is 2. The predicted octanol–water partition coefficient (Wildman–Crippen LogP) is 1.96. The van der Waals surface area contributed by atoms with E-state index in [2.05, 4.69) is 9.98 Å². The number of carbonyl (C=O) groups is 1. The largest absolute Gasteiger partial charge is 0.480 e. The number of aromatic nitrogens is 1. The topological polar surface area (TPSA) is 88.6 Å². The van der Waals surface area contributed by atoms with Crippen molar-refractivity contribution in [3.63, 3.8) is 0 Å². The molecule has 0 unspecified atom stereocenters. The number of fused-ring (bicyclic) bond motifs is 1. The molecule has 0 saturated carbocycles. The van der Waals surface area contributed by atoms with Gasteiger partial charge >= 0.3 is 5.97 Å². The molecule has 2 aromatic rings. The van der Waals surface area contributed by atoms with Gasteiger partial charge in [-0.1, -0.05) is 0 Å². The van der Waals surface area contributed by atoms with Crippen LogP contribution in [0.4, 0.5) is 10.1 Å². The number of halogens is 1. The van der Waals surface area contributed by atoms with E-state index in [0.717, 1.165) is 11.3 Å². The standard InChI is InChI=1S/C11H8FN3O2S2/c12-7-4(13)1-2-5-8(7)19-10(14-5)9-15-6(3-18-9)11(16)17/h1-2,6H,3,13H2,(H,16,17)/t6-/m1/s1. The number of carboxylic acids is 1. The van der Waals surface area contributed by atoms with Crippen molar-refractivity contribution < 1.29 is 14.3 Å². The van der Waals surface area contributed by atoms with Crippen molar-refractivity contribution in [3.8, 4) is 0 Å². The normalized spacial score (nSPS) is 18.8. The molecule has 0 bridgehead atoms. The van der Waals surface area contributed by atoms with E-state index >= 15 is 0 Å². The number of nitrogens with two attached hydrogens (primary N) is 1. The third-order valence-electron chi connectivity index (χ3n) is 2.65. The number of benzene rings is 1. The molecule has 0 fully saturated rings. The van der Waals surface area contributed by atoms with Crippen LogP contribution in [0.2, 0.25) is 0 Å². The van der Waals surface area contributed by atoms with Gasteiger partial charge < -0.3 is 10.8 Å². The van der Waals surface area contributed by atoms with Crippen LogP contribution in [0.1, 0.15) is 5.01 Å². The Morgan fingerprint density at radius 2 is 2.32 bits per heavy atom. The molecule has 0 spiro atoms. The summed E-state index contributed by atoms with van der Waals surface area (Å²) in [7, 11) is 0. The van der Waals surface area contributed by atoms with Gasteiger partial charge in [-0.25, -0.2) is 14.2 Å². The Balaban J connectivity index is 2.05. The molecule has 3 N–H and O–H groups in total. The summed E-state index contributed by atoms with van der Waals surface area (Å²) in [6, 6.07) is 2.36. The number of anilines is 1. The van der Waals surface area contributed by atoms with Crippen LogP contribution in [0.25, 0.3) is 10.2 Å².